The Labute approximate surface area is 211 Å². The summed E-state index contributed by atoms with van der Waals surface area (Å²) < 4.78 is 21.1. The van der Waals surface area contributed by atoms with Gasteiger partial charge in [0, 0.05) is 11.1 Å². The molecule has 0 aliphatic rings. The lowest BCUT2D eigenvalue weighted by molar-refractivity contribution is 0.0503. The van der Waals surface area contributed by atoms with Crippen molar-refractivity contribution in [1.29, 1.82) is 0 Å². The molecule has 2 heterocycles. The third-order valence-corrected chi connectivity index (χ3v) is 5.40. The summed E-state index contributed by atoms with van der Waals surface area (Å²) in [6.45, 7) is 14.4. The predicted octanol–water partition coefficient (Wildman–Crippen LogP) is 4.96. The summed E-state index contributed by atoms with van der Waals surface area (Å²) in [6, 6.07) is 0. The summed E-state index contributed by atoms with van der Waals surface area (Å²) in [6.07, 6.45) is 0. The first-order chi connectivity index (χ1) is 17.0. The molecule has 0 saturated carbocycles. The molecule has 10 heteroatoms. The van der Waals surface area contributed by atoms with Crippen LogP contribution < -0.4 is 0 Å². The largest absolute Gasteiger partial charge is 0.462 e. The molecule has 10 nitrogen and oxygen atoms in total. The Balaban J connectivity index is 3.05. The number of carbonyl (C=O) groups is 4. The maximum Gasteiger partial charge on any atom is 0.355 e. The van der Waals surface area contributed by atoms with Gasteiger partial charge in [-0.25, -0.2) is 19.2 Å². The highest BCUT2D eigenvalue weighted by Gasteiger charge is 2.36. The van der Waals surface area contributed by atoms with Crippen LogP contribution in [0.15, 0.2) is 0 Å². The van der Waals surface area contributed by atoms with E-state index in [4.69, 9.17) is 18.9 Å². The quantitative estimate of drug-likeness (QED) is 0.323. The highest BCUT2D eigenvalue weighted by atomic mass is 16.5. The van der Waals surface area contributed by atoms with Gasteiger partial charge >= 0.3 is 23.9 Å². The van der Waals surface area contributed by atoms with Crippen LogP contribution >= 0.6 is 0 Å². The van der Waals surface area contributed by atoms with Crippen LogP contribution in [-0.2, 0) is 18.9 Å². The Bertz CT molecular complexity index is 1040. The van der Waals surface area contributed by atoms with E-state index >= 15 is 0 Å². The zero-order valence-electron chi connectivity index (χ0n) is 22.2. The molecule has 2 N–H and O–H groups in total. The average molecular weight is 505 g/mol. The standard InChI is InChI=1S/C26H36N2O8/c1-9-33-23(29)17-15(13(5)6)21(25(31)35-11-3)27-19(17)20-18(24(30)34-10-2)16(14(7)8)22(28-20)26(32)36-12-4/h13-14,27-28H,9-12H2,1-8H3. The summed E-state index contributed by atoms with van der Waals surface area (Å²) in [4.78, 5) is 58.1. The van der Waals surface area contributed by atoms with Crippen molar-refractivity contribution in [3.05, 3.63) is 33.6 Å². The van der Waals surface area contributed by atoms with Crippen LogP contribution in [0.2, 0.25) is 0 Å². The van der Waals surface area contributed by atoms with E-state index in [0.29, 0.717) is 11.1 Å². The number of hydrogen-bond acceptors (Lipinski definition) is 8. The summed E-state index contributed by atoms with van der Waals surface area (Å²) in [5, 5.41) is 0. The van der Waals surface area contributed by atoms with Crippen molar-refractivity contribution in [3.8, 4) is 11.4 Å². The Kier molecular flexibility index (Phi) is 9.89. The molecule has 0 amide bonds. The summed E-state index contributed by atoms with van der Waals surface area (Å²) in [5.41, 5.74) is 1.31. The van der Waals surface area contributed by atoms with Crippen LogP contribution in [0.5, 0.6) is 0 Å². The van der Waals surface area contributed by atoms with Crippen LogP contribution in [0.3, 0.4) is 0 Å². The summed E-state index contributed by atoms with van der Waals surface area (Å²) in [5.74, 6) is -3.26. The zero-order chi connectivity index (χ0) is 27.2. The van der Waals surface area contributed by atoms with Crippen molar-refractivity contribution in [2.45, 2.75) is 67.2 Å². The fraction of sp³-hybridized carbons (Fsp3) is 0.538. The lowest BCUT2D eigenvalue weighted by Gasteiger charge is -2.12. The average Bonchev–Trinajstić information content (AvgIpc) is 3.39. The molecule has 0 radical (unpaired) electrons. The highest BCUT2D eigenvalue weighted by molar-refractivity contribution is 6.08. The fourth-order valence-corrected chi connectivity index (χ4v) is 4.12. The van der Waals surface area contributed by atoms with E-state index in [1.165, 1.54) is 0 Å². The third kappa shape index (κ3) is 5.63. The van der Waals surface area contributed by atoms with E-state index < -0.39 is 23.9 Å². The smallest absolute Gasteiger partial charge is 0.355 e. The number of rotatable bonds is 11. The molecule has 0 atom stereocenters. The van der Waals surface area contributed by atoms with E-state index in [1.807, 2.05) is 27.7 Å². The summed E-state index contributed by atoms with van der Waals surface area (Å²) in [7, 11) is 0. The van der Waals surface area contributed by atoms with Gasteiger partial charge in [0.05, 0.1) is 48.9 Å². The lowest BCUT2D eigenvalue weighted by atomic mass is 9.94. The van der Waals surface area contributed by atoms with E-state index in [2.05, 4.69) is 9.97 Å². The van der Waals surface area contributed by atoms with Gasteiger partial charge in [-0.3, -0.25) is 0 Å². The van der Waals surface area contributed by atoms with Gasteiger partial charge in [0.15, 0.2) is 0 Å². The number of H-pyrrole nitrogens is 2. The number of hydrogen-bond donors (Lipinski definition) is 2. The molecule has 0 bridgehead atoms. The van der Waals surface area contributed by atoms with E-state index in [-0.39, 0.29) is 72.2 Å². The van der Waals surface area contributed by atoms with Crippen molar-refractivity contribution in [2.75, 3.05) is 26.4 Å². The molecular formula is C26H36N2O8. The van der Waals surface area contributed by atoms with Crippen LogP contribution in [-0.4, -0.2) is 60.3 Å². The monoisotopic (exact) mass is 504 g/mol. The second kappa shape index (κ2) is 12.4. The minimum atomic E-state index is -0.684. The van der Waals surface area contributed by atoms with Crippen LogP contribution in [0.25, 0.3) is 11.4 Å². The number of carbonyl (C=O) groups excluding carboxylic acids is 4. The molecule has 2 aromatic rings. The molecule has 198 valence electrons. The fourth-order valence-electron chi connectivity index (χ4n) is 4.12. The molecule has 2 rings (SSSR count). The predicted molar refractivity (Wildman–Crippen MR) is 133 cm³/mol. The molecule has 2 aromatic heterocycles. The number of ether oxygens (including phenoxy) is 4. The van der Waals surface area contributed by atoms with E-state index in [9.17, 15) is 19.2 Å². The van der Waals surface area contributed by atoms with Gasteiger partial charge in [0.25, 0.3) is 0 Å². The molecular weight excluding hydrogens is 468 g/mol. The normalized spacial score (nSPS) is 11.1. The molecule has 0 spiro atoms. The number of aromatic amines is 2. The van der Waals surface area contributed by atoms with Crippen LogP contribution in [0.4, 0.5) is 0 Å². The van der Waals surface area contributed by atoms with Crippen LogP contribution in [0.1, 0.15) is 120 Å². The van der Waals surface area contributed by atoms with Gasteiger partial charge in [-0.05, 0) is 39.5 Å². The molecule has 0 aliphatic carbocycles. The SMILES string of the molecule is CCOC(=O)c1[nH]c(-c2[nH]c(C(=O)OCC)c(C(C)C)c2C(=O)OCC)c(C(=O)OCC)c1C(C)C. The molecule has 36 heavy (non-hydrogen) atoms. The lowest BCUT2D eigenvalue weighted by Crippen LogP contribution is -2.13. The zero-order valence-corrected chi connectivity index (χ0v) is 22.2. The Morgan fingerprint density at radius 2 is 0.833 bits per heavy atom. The maximum atomic E-state index is 13.2. The minimum absolute atomic E-state index is 0.0677. The topological polar surface area (TPSA) is 137 Å². The second-order valence-electron chi connectivity index (χ2n) is 8.52. The maximum absolute atomic E-state index is 13.2. The van der Waals surface area contributed by atoms with Crippen molar-refractivity contribution >= 4 is 23.9 Å². The van der Waals surface area contributed by atoms with Crippen molar-refractivity contribution in [2.24, 2.45) is 0 Å². The molecule has 0 saturated heterocycles. The van der Waals surface area contributed by atoms with Gasteiger partial charge in [-0.1, -0.05) is 27.7 Å². The Morgan fingerprint density at radius 3 is 1.08 bits per heavy atom. The Hall–Kier alpha value is -3.56. The van der Waals surface area contributed by atoms with Gasteiger partial charge in [0.1, 0.15) is 11.4 Å². The van der Waals surface area contributed by atoms with Gasteiger partial charge in [-0.2, -0.15) is 0 Å². The highest BCUT2D eigenvalue weighted by Crippen LogP contribution is 2.39. The third-order valence-electron chi connectivity index (χ3n) is 5.40. The van der Waals surface area contributed by atoms with Gasteiger partial charge in [-0.15, -0.1) is 0 Å². The van der Waals surface area contributed by atoms with Crippen molar-refractivity contribution < 1.29 is 38.1 Å². The van der Waals surface area contributed by atoms with Crippen LogP contribution in [0, 0.1) is 0 Å². The molecule has 0 unspecified atom stereocenters. The van der Waals surface area contributed by atoms with Crippen molar-refractivity contribution in [1.82, 2.24) is 9.97 Å². The number of esters is 4. The first-order valence-corrected chi connectivity index (χ1v) is 12.3. The molecule has 0 aliphatic heterocycles. The van der Waals surface area contributed by atoms with E-state index in [1.54, 1.807) is 27.7 Å². The molecule has 0 fully saturated rings. The first-order valence-electron chi connectivity index (χ1n) is 12.3. The molecule has 0 aromatic carbocycles. The minimum Gasteiger partial charge on any atom is -0.462 e. The first kappa shape index (κ1) is 28.7. The van der Waals surface area contributed by atoms with E-state index in [0.717, 1.165) is 0 Å². The number of nitrogens with one attached hydrogen (secondary N) is 2. The van der Waals surface area contributed by atoms with Gasteiger partial charge in [0.2, 0.25) is 0 Å². The Morgan fingerprint density at radius 1 is 0.556 bits per heavy atom. The summed E-state index contributed by atoms with van der Waals surface area (Å²) >= 11 is 0. The number of aromatic nitrogens is 2. The van der Waals surface area contributed by atoms with Crippen molar-refractivity contribution in [3.63, 3.8) is 0 Å². The van der Waals surface area contributed by atoms with Gasteiger partial charge < -0.3 is 28.9 Å². The second-order valence-corrected chi connectivity index (χ2v) is 8.52.